The van der Waals surface area contributed by atoms with E-state index in [-0.39, 0.29) is 23.6 Å². The second-order valence-electron chi connectivity index (χ2n) is 8.56. The Hall–Kier alpha value is -3.93. The Balaban J connectivity index is 1.63. The van der Waals surface area contributed by atoms with Crippen molar-refractivity contribution in [3.05, 3.63) is 100 Å². The summed E-state index contributed by atoms with van der Waals surface area (Å²) >= 11 is 0. The molecule has 3 aromatic rings. The van der Waals surface area contributed by atoms with Crippen LogP contribution in [0.2, 0.25) is 0 Å². The molecule has 2 N–H and O–H groups in total. The van der Waals surface area contributed by atoms with Gasteiger partial charge in [0, 0.05) is 24.5 Å². The molecule has 0 radical (unpaired) electrons. The molecule has 1 aromatic heterocycles. The maximum atomic E-state index is 13.2. The fraction of sp³-hybridized carbons (Fsp3) is 0.222. The summed E-state index contributed by atoms with van der Waals surface area (Å²) in [5.41, 5.74) is 4.52. The van der Waals surface area contributed by atoms with E-state index in [2.05, 4.69) is 4.98 Å². The van der Waals surface area contributed by atoms with E-state index < -0.39 is 17.7 Å². The van der Waals surface area contributed by atoms with Crippen LogP contribution in [0.1, 0.15) is 46.7 Å². The highest BCUT2D eigenvalue weighted by Crippen LogP contribution is 2.41. The standard InChI is InChI=1S/C27H24N2O4/c30-22-9-7-19(8-10-22)24-23(25(31)21-6-5-18-3-1-2-4-20(18)15-21)26(32)27(33)29(24)16-17-11-13-28-14-12-17/h5-15,24,30-31H,1-4,16H2/b25-23-. The normalized spacial score (nSPS) is 19.5. The van der Waals surface area contributed by atoms with Crippen LogP contribution in [0.4, 0.5) is 0 Å². The molecule has 0 spiro atoms. The van der Waals surface area contributed by atoms with E-state index in [1.54, 1.807) is 36.7 Å². The Kier molecular flexibility index (Phi) is 5.42. The van der Waals surface area contributed by atoms with Gasteiger partial charge in [-0.25, -0.2) is 0 Å². The quantitative estimate of drug-likeness (QED) is 0.359. The number of hydrogen-bond acceptors (Lipinski definition) is 5. The zero-order valence-corrected chi connectivity index (χ0v) is 18.1. The van der Waals surface area contributed by atoms with Crippen molar-refractivity contribution in [3.8, 4) is 5.75 Å². The molecular formula is C27H24N2O4. The van der Waals surface area contributed by atoms with Gasteiger partial charge < -0.3 is 15.1 Å². The van der Waals surface area contributed by atoms with Gasteiger partial charge in [0.2, 0.25) is 0 Å². The summed E-state index contributed by atoms with van der Waals surface area (Å²) in [6, 6.07) is 14.9. The van der Waals surface area contributed by atoms with Crippen molar-refractivity contribution in [2.45, 2.75) is 38.3 Å². The molecule has 1 aliphatic carbocycles. The number of pyridine rings is 1. The average Bonchev–Trinajstić information content (AvgIpc) is 3.09. The van der Waals surface area contributed by atoms with E-state index in [4.69, 9.17) is 0 Å². The minimum absolute atomic E-state index is 0.0653. The number of likely N-dealkylation sites (tertiary alicyclic amines) is 1. The molecule has 0 saturated carbocycles. The van der Waals surface area contributed by atoms with Crippen molar-refractivity contribution in [2.24, 2.45) is 0 Å². The molecule has 6 nitrogen and oxygen atoms in total. The first kappa shape index (κ1) is 20.9. The summed E-state index contributed by atoms with van der Waals surface area (Å²) in [6.07, 6.45) is 7.47. The lowest BCUT2D eigenvalue weighted by Crippen LogP contribution is -2.29. The number of nitrogens with zero attached hydrogens (tertiary/aromatic N) is 2. The second-order valence-corrected chi connectivity index (χ2v) is 8.56. The van der Waals surface area contributed by atoms with Crippen molar-refractivity contribution in [1.82, 2.24) is 9.88 Å². The van der Waals surface area contributed by atoms with E-state index in [0.717, 1.165) is 31.2 Å². The zero-order valence-electron chi connectivity index (χ0n) is 18.1. The number of carbonyl (C=O) groups is 2. The highest BCUT2D eigenvalue weighted by molar-refractivity contribution is 6.46. The summed E-state index contributed by atoms with van der Waals surface area (Å²) in [5.74, 6) is -1.46. The number of aliphatic hydroxyl groups excluding tert-OH is 1. The van der Waals surface area contributed by atoms with Crippen LogP contribution in [0.5, 0.6) is 5.75 Å². The van der Waals surface area contributed by atoms with Gasteiger partial charge in [0.15, 0.2) is 0 Å². The number of benzene rings is 2. The Morgan fingerprint density at radius 1 is 0.939 bits per heavy atom. The van der Waals surface area contributed by atoms with Gasteiger partial charge in [-0.05, 0) is 78.3 Å². The van der Waals surface area contributed by atoms with Gasteiger partial charge >= 0.3 is 0 Å². The van der Waals surface area contributed by atoms with E-state index in [1.807, 2.05) is 18.2 Å². The number of hydrogen-bond donors (Lipinski definition) is 2. The van der Waals surface area contributed by atoms with Crippen LogP contribution in [-0.2, 0) is 29.0 Å². The van der Waals surface area contributed by atoms with Gasteiger partial charge in [-0.2, -0.15) is 0 Å². The largest absolute Gasteiger partial charge is 0.508 e. The van der Waals surface area contributed by atoms with Crippen LogP contribution in [-0.4, -0.2) is 31.8 Å². The molecule has 1 saturated heterocycles. The number of phenolic OH excluding ortho intramolecular Hbond substituents is 1. The predicted molar refractivity (Wildman–Crippen MR) is 123 cm³/mol. The lowest BCUT2D eigenvalue weighted by Gasteiger charge is -2.25. The topological polar surface area (TPSA) is 90.7 Å². The molecule has 2 aliphatic rings. The number of Topliss-reactive ketones (excluding diaryl/α,β-unsaturated/α-hetero) is 1. The van der Waals surface area contributed by atoms with Crippen LogP contribution in [0.3, 0.4) is 0 Å². The van der Waals surface area contributed by atoms with Gasteiger partial charge in [0.05, 0.1) is 11.6 Å². The fourth-order valence-electron chi connectivity index (χ4n) is 4.77. The molecule has 2 aromatic carbocycles. The maximum absolute atomic E-state index is 13.2. The van der Waals surface area contributed by atoms with E-state index in [0.29, 0.717) is 11.1 Å². The van der Waals surface area contributed by atoms with Crippen molar-refractivity contribution < 1.29 is 19.8 Å². The highest BCUT2D eigenvalue weighted by Gasteiger charge is 2.46. The minimum atomic E-state index is -0.769. The molecule has 1 amide bonds. The Morgan fingerprint density at radius 2 is 1.64 bits per heavy atom. The van der Waals surface area contributed by atoms with Crippen LogP contribution < -0.4 is 0 Å². The number of rotatable bonds is 4. The summed E-state index contributed by atoms with van der Waals surface area (Å²) in [7, 11) is 0. The fourth-order valence-corrected chi connectivity index (χ4v) is 4.77. The molecule has 1 fully saturated rings. The summed E-state index contributed by atoms with van der Waals surface area (Å²) in [5, 5.41) is 21.1. The number of ketones is 1. The number of carbonyl (C=O) groups excluding carboxylic acids is 2. The molecule has 5 rings (SSSR count). The molecular weight excluding hydrogens is 416 g/mol. The number of aromatic hydroxyl groups is 1. The third-order valence-electron chi connectivity index (χ3n) is 6.47. The smallest absolute Gasteiger partial charge is 0.295 e. The van der Waals surface area contributed by atoms with Crippen molar-refractivity contribution >= 4 is 17.4 Å². The second kappa shape index (κ2) is 8.54. The van der Waals surface area contributed by atoms with Crippen molar-refractivity contribution in [1.29, 1.82) is 0 Å². The molecule has 2 heterocycles. The molecule has 1 unspecified atom stereocenters. The first-order chi connectivity index (χ1) is 16.0. The van der Waals surface area contributed by atoms with Crippen molar-refractivity contribution in [2.75, 3.05) is 0 Å². The van der Waals surface area contributed by atoms with Crippen LogP contribution in [0.25, 0.3) is 5.76 Å². The first-order valence-electron chi connectivity index (χ1n) is 11.1. The van der Waals surface area contributed by atoms with Gasteiger partial charge in [-0.1, -0.05) is 24.3 Å². The van der Waals surface area contributed by atoms with Crippen LogP contribution in [0, 0.1) is 0 Å². The monoisotopic (exact) mass is 440 g/mol. The predicted octanol–water partition coefficient (Wildman–Crippen LogP) is 4.29. The third kappa shape index (κ3) is 3.89. The minimum Gasteiger partial charge on any atom is -0.508 e. The Bertz CT molecular complexity index is 1250. The SMILES string of the molecule is O=C1C(=O)N(Cc2ccncc2)C(c2ccc(O)cc2)/C1=C(/O)c1ccc2c(c1)CCCC2. The Morgan fingerprint density at radius 3 is 2.36 bits per heavy atom. The molecule has 6 heteroatoms. The van der Waals surface area contributed by atoms with Crippen molar-refractivity contribution in [3.63, 3.8) is 0 Å². The lowest BCUT2D eigenvalue weighted by atomic mass is 9.88. The van der Waals surface area contributed by atoms with Crippen LogP contribution >= 0.6 is 0 Å². The molecule has 33 heavy (non-hydrogen) atoms. The third-order valence-corrected chi connectivity index (χ3v) is 6.47. The number of fused-ring (bicyclic) bond motifs is 1. The van der Waals surface area contributed by atoms with Gasteiger partial charge in [0.25, 0.3) is 11.7 Å². The summed E-state index contributed by atoms with van der Waals surface area (Å²) in [4.78, 5) is 31.8. The molecule has 0 bridgehead atoms. The molecule has 1 aliphatic heterocycles. The number of aliphatic hydroxyl groups is 1. The Labute approximate surface area is 191 Å². The van der Waals surface area contributed by atoms with Gasteiger partial charge in [-0.15, -0.1) is 0 Å². The summed E-state index contributed by atoms with van der Waals surface area (Å²) < 4.78 is 0. The van der Waals surface area contributed by atoms with E-state index in [1.165, 1.54) is 28.2 Å². The lowest BCUT2D eigenvalue weighted by molar-refractivity contribution is -0.140. The van der Waals surface area contributed by atoms with Gasteiger partial charge in [0.1, 0.15) is 11.5 Å². The average molecular weight is 440 g/mol. The van der Waals surface area contributed by atoms with Gasteiger partial charge in [-0.3, -0.25) is 14.6 Å². The number of aromatic nitrogens is 1. The van der Waals surface area contributed by atoms with E-state index >= 15 is 0 Å². The number of phenols is 1. The first-order valence-corrected chi connectivity index (χ1v) is 11.1. The molecule has 1 atom stereocenters. The summed E-state index contributed by atoms with van der Waals surface area (Å²) in [6.45, 7) is 0.194. The van der Waals surface area contributed by atoms with E-state index in [9.17, 15) is 19.8 Å². The maximum Gasteiger partial charge on any atom is 0.295 e. The number of amides is 1. The zero-order chi connectivity index (χ0) is 22.9. The number of aryl methyl sites for hydroxylation is 2. The molecule has 166 valence electrons. The highest BCUT2D eigenvalue weighted by atomic mass is 16.3. The van der Waals surface area contributed by atoms with Crippen LogP contribution in [0.15, 0.2) is 72.6 Å².